The van der Waals surface area contributed by atoms with Gasteiger partial charge in [-0.1, -0.05) is 19.1 Å². The van der Waals surface area contributed by atoms with Gasteiger partial charge in [-0.15, -0.1) is 0 Å². The molecule has 0 amide bonds. The van der Waals surface area contributed by atoms with E-state index in [0.29, 0.717) is 0 Å². The molecule has 2 heterocycles. The van der Waals surface area contributed by atoms with Gasteiger partial charge in [-0.3, -0.25) is 0 Å². The fourth-order valence-electron chi connectivity index (χ4n) is 2.59. The number of ether oxygens (including phenoxy) is 1. The lowest BCUT2D eigenvalue weighted by atomic mass is 10.0. The molecule has 20 heavy (non-hydrogen) atoms. The number of furan rings is 1. The lowest BCUT2D eigenvalue weighted by molar-refractivity contribution is 0.289. The van der Waals surface area contributed by atoms with Crippen LogP contribution in [0, 0.1) is 0 Å². The van der Waals surface area contributed by atoms with Crippen LogP contribution in [0.4, 0.5) is 0 Å². The van der Waals surface area contributed by atoms with Gasteiger partial charge in [-0.05, 0) is 49.6 Å². The van der Waals surface area contributed by atoms with Crippen LogP contribution in [0.15, 0.2) is 34.7 Å². The first-order valence-corrected chi connectivity index (χ1v) is 7.43. The minimum Gasteiger partial charge on any atom is -0.493 e. The smallest absolute Gasteiger partial charge is 0.138 e. The second-order valence-corrected chi connectivity index (χ2v) is 5.19. The van der Waals surface area contributed by atoms with Crippen molar-refractivity contribution in [1.29, 1.82) is 0 Å². The van der Waals surface area contributed by atoms with Crippen molar-refractivity contribution < 1.29 is 9.15 Å². The van der Waals surface area contributed by atoms with Crippen molar-refractivity contribution in [3.05, 3.63) is 41.7 Å². The predicted molar refractivity (Wildman–Crippen MR) is 80.0 cm³/mol. The third-order valence-electron chi connectivity index (χ3n) is 3.59. The summed E-state index contributed by atoms with van der Waals surface area (Å²) in [7, 11) is 0. The Kier molecular flexibility index (Phi) is 4.07. The van der Waals surface area contributed by atoms with Crippen LogP contribution in [0.3, 0.4) is 0 Å². The average molecular weight is 271 g/mol. The minimum absolute atomic E-state index is 0.781. The first-order valence-electron chi connectivity index (χ1n) is 7.43. The third kappa shape index (κ3) is 2.73. The number of benzene rings is 1. The van der Waals surface area contributed by atoms with Crippen molar-refractivity contribution in [2.24, 2.45) is 0 Å². The van der Waals surface area contributed by atoms with Gasteiger partial charge < -0.3 is 14.5 Å². The third-order valence-corrected chi connectivity index (χ3v) is 3.59. The lowest BCUT2D eigenvalue weighted by Gasteiger charge is -2.19. The summed E-state index contributed by atoms with van der Waals surface area (Å²) in [6.07, 6.45) is 3.32. The largest absolute Gasteiger partial charge is 0.493 e. The van der Waals surface area contributed by atoms with Crippen LogP contribution < -0.4 is 10.1 Å². The summed E-state index contributed by atoms with van der Waals surface area (Å²) in [6, 6.07) is 10.4. The van der Waals surface area contributed by atoms with Gasteiger partial charge in [0.1, 0.15) is 17.3 Å². The van der Waals surface area contributed by atoms with Gasteiger partial charge in [-0.25, -0.2) is 0 Å². The van der Waals surface area contributed by atoms with Crippen molar-refractivity contribution in [3.63, 3.8) is 0 Å². The van der Waals surface area contributed by atoms with Gasteiger partial charge in [0.25, 0.3) is 0 Å². The van der Waals surface area contributed by atoms with Crippen LogP contribution in [0.5, 0.6) is 5.75 Å². The van der Waals surface area contributed by atoms with Crippen molar-refractivity contribution in [1.82, 2.24) is 5.32 Å². The molecule has 1 aliphatic rings. The molecule has 3 nitrogen and oxygen atoms in total. The highest BCUT2D eigenvalue weighted by atomic mass is 16.5. The number of rotatable bonds is 5. The molecule has 1 aliphatic heterocycles. The summed E-state index contributed by atoms with van der Waals surface area (Å²) in [4.78, 5) is 0. The molecular formula is C17H21NO2. The molecular weight excluding hydrogens is 250 g/mol. The van der Waals surface area contributed by atoms with Gasteiger partial charge in [0, 0.05) is 0 Å². The van der Waals surface area contributed by atoms with E-state index in [1.165, 1.54) is 5.56 Å². The van der Waals surface area contributed by atoms with Crippen LogP contribution in [0.2, 0.25) is 0 Å². The molecule has 1 N–H and O–H groups in total. The summed E-state index contributed by atoms with van der Waals surface area (Å²) in [5, 5.41) is 3.35. The van der Waals surface area contributed by atoms with E-state index in [0.717, 1.165) is 61.8 Å². The maximum absolute atomic E-state index is 5.94. The number of hydrogen-bond donors (Lipinski definition) is 1. The van der Waals surface area contributed by atoms with Crippen LogP contribution >= 0.6 is 0 Å². The highest BCUT2D eigenvalue weighted by Gasteiger charge is 2.17. The van der Waals surface area contributed by atoms with E-state index >= 15 is 0 Å². The van der Waals surface area contributed by atoms with E-state index in [2.05, 4.69) is 30.4 Å². The maximum Gasteiger partial charge on any atom is 0.138 e. The number of para-hydroxylation sites is 1. The summed E-state index contributed by atoms with van der Waals surface area (Å²) in [5.74, 6) is 2.88. The van der Waals surface area contributed by atoms with Gasteiger partial charge in [0.15, 0.2) is 0 Å². The highest BCUT2D eigenvalue weighted by molar-refractivity contribution is 5.68. The minimum atomic E-state index is 0.781. The zero-order valence-corrected chi connectivity index (χ0v) is 11.9. The molecule has 0 saturated carbocycles. The number of nitrogens with one attached hydrogen (secondary N) is 1. The number of hydrogen-bond acceptors (Lipinski definition) is 3. The van der Waals surface area contributed by atoms with Crippen LogP contribution in [0.25, 0.3) is 11.3 Å². The Morgan fingerprint density at radius 1 is 1.20 bits per heavy atom. The molecule has 0 spiro atoms. The van der Waals surface area contributed by atoms with E-state index in [1.807, 2.05) is 12.1 Å². The quantitative estimate of drug-likeness (QED) is 0.841. The van der Waals surface area contributed by atoms with Crippen molar-refractivity contribution in [2.45, 2.75) is 32.7 Å². The average Bonchev–Trinajstić information content (AvgIpc) is 2.96. The zero-order chi connectivity index (χ0) is 13.8. The summed E-state index contributed by atoms with van der Waals surface area (Å²) in [6.45, 7) is 4.76. The van der Waals surface area contributed by atoms with Crippen molar-refractivity contribution >= 4 is 0 Å². The van der Waals surface area contributed by atoms with Crippen LogP contribution in [-0.2, 0) is 13.0 Å². The maximum atomic E-state index is 5.94. The Bertz CT molecular complexity index is 574. The molecule has 3 heteroatoms. The van der Waals surface area contributed by atoms with E-state index in [-0.39, 0.29) is 0 Å². The zero-order valence-electron chi connectivity index (χ0n) is 11.9. The molecule has 2 aromatic rings. The normalized spacial score (nSPS) is 13.8. The summed E-state index contributed by atoms with van der Waals surface area (Å²) < 4.78 is 11.8. The molecule has 1 aromatic heterocycles. The van der Waals surface area contributed by atoms with Gasteiger partial charge in [0.05, 0.1) is 18.7 Å². The van der Waals surface area contributed by atoms with Gasteiger partial charge in [0.2, 0.25) is 0 Å². The SMILES string of the molecule is CCCNCc1ccc(-c2cccc3c2OCCC3)o1. The molecule has 1 aromatic carbocycles. The Morgan fingerprint density at radius 2 is 2.15 bits per heavy atom. The molecule has 0 fully saturated rings. The molecule has 0 atom stereocenters. The lowest BCUT2D eigenvalue weighted by Crippen LogP contribution is -2.13. The van der Waals surface area contributed by atoms with Gasteiger partial charge in [-0.2, -0.15) is 0 Å². The van der Waals surface area contributed by atoms with Crippen LogP contribution in [0.1, 0.15) is 31.1 Å². The molecule has 106 valence electrons. The summed E-state index contributed by atoms with van der Waals surface area (Å²) in [5.41, 5.74) is 2.36. The second-order valence-electron chi connectivity index (χ2n) is 5.19. The molecule has 0 radical (unpaired) electrons. The molecule has 0 unspecified atom stereocenters. The van der Waals surface area contributed by atoms with E-state index in [9.17, 15) is 0 Å². The van der Waals surface area contributed by atoms with Crippen molar-refractivity contribution in [2.75, 3.05) is 13.2 Å². The highest BCUT2D eigenvalue weighted by Crippen LogP contribution is 2.36. The Morgan fingerprint density at radius 3 is 3.05 bits per heavy atom. The standard InChI is InChI=1S/C17H21NO2/c1-2-10-18-12-14-8-9-16(20-14)15-7-3-5-13-6-4-11-19-17(13)15/h3,5,7-9,18H,2,4,6,10-12H2,1H3. The molecule has 0 saturated heterocycles. The van der Waals surface area contributed by atoms with Crippen molar-refractivity contribution in [3.8, 4) is 17.1 Å². The molecule has 0 aliphatic carbocycles. The molecule has 3 rings (SSSR count). The Labute approximate surface area is 119 Å². The second kappa shape index (κ2) is 6.14. The topological polar surface area (TPSA) is 34.4 Å². The summed E-state index contributed by atoms with van der Waals surface area (Å²) >= 11 is 0. The van der Waals surface area contributed by atoms with E-state index in [1.54, 1.807) is 0 Å². The van der Waals surface area contributed by atoms with Gasteiger partial charge >= 0.3 is 0 Å². The number of fused-ring (bicyclic) bond motifs is 1. The van der Waals surface area contributed by atoms with E-state index < -0.39 is 0 Å². The first kappa shape index (κ1) is 13.3. The fraction of sp³-hybridized carbons (Fsp3) is 0.412. The Balaban J connectivity index is 1.82. The van der Waals surface area contributed by atoms with Crippen LogP contribution in [-0.4, -0.2) is 13.2 Å². The monoisotopic (exact) mass is 271 g/mol. The first-order chi connectivity index (χ1) is 9.88. The fourth-order valence-corrected chi connectivity index (χ4v) is 2.59. The predicted octanol–water partition coefficient (Wildman–Crippen LogP) is 3.77. The Hall–Kier alpha value is -1.74. The number of aryl methyl sites for hydroxylation is 1. The molecule has 0 bridgehead atoms. The van der Waals surface area contributed by atoms with E-state index in [4.69, 9.17) is 9.15 Å².